The number of para-hydroxylation sites is 2. The van der Waals surface area contributed by atoms with Crippen LogP contribution < -0.4 is 15.4 Å². The number of fused-ring (bicyclic) bond motifs is 1. The van der Waals surface area contributed by atoms with Crippen LogP contribution >= 0.6 is 0 Å². The summed E-state index contributed by atoms with van der Waals surface area (Å²) in [6, 6.07) is 16.1. The van der Waals surface area contributed by atoms with Crippen molar-refractivity contribution in [1.82, 2.24) is 0 Å². The Morgan fingerprint density at radius 1 is 1.07 bits per heavy atom. The van der Waals surface area contributed by atoms with E-state index in [-0.39, 0.29) is 17.2 Å². The molecular formula is C25H30N2O2. The second-order valence-corrected chi connectivity index (χ2v) is 8.86. The number of carbonyl (C=O) groups is 1. The number of nitrogens with one attached hydrogen (secondary N) is 2. The molecule has 2 aromatic rings. The topological polar surface area (TPSA) is 50.4 Å². The minimum atomic E-state index is -0.195. The van der Waals surface area contributed by atoms with Gasteiger partial charge >= 0.3 is 0 Å². The zero-order valence-electron chi connectivity index (χ0n) is 17.5. The van der Waals surface area contributed by atoms with Crippen LogP contribution in [-0.4, -0.2) is 12.4 Å². The van der Waals surface area contributed by atoms with Crippen LogP contribution in [0.4, 0.5) is 11.4 Å². The average molecular weight is 391 g/mol. The highest BCUT2D eigenvalue weighted by atomic mass is 16.5. The number of anilines is 2. The van der Waals surface area contributed by atoms with E-state index < -0.39 is 0 Å². The number of Topliss-reactive ketones (excluding diaryl/α,β-unsaturated/α-hetero) is 1. The molecule has 1 heterocycles. The van der Waals surface area contributed by atoms with Crippen LogP contribution in [0, 0.1) is 5.41 Å². The molecule has 0 spiro atoms. The zero-order valence-corrected chi connectivity index (χ0v) is 17.5. The molecule has 0 aromatic heterocycles. The number of ether oxygens (including phenoxy) is 1. The average Bonchev–Trinajstić information content (AvgIpc) is 2.84. The number of rotatable bonds is 5. The Morgan fingerprint density at radius 3 is 2.66 bits per heavy atom. The molecule has 0 amide bonds. The Bertz CT molecular complexity index is 945. The first-order chi connectivity index (χ1) is 14.0. The predicted octanol–water partition coefficient (Wildman–Crippen LogP) is 6.09. The summed E-state index contributed by atoms with van der Waals surface area (Å²) in [5.41, 5.74) is 4.92. The van der Waals surface area contributed by atoms with Crippen molar-refractivity contribution in [1.29, 1.82) is 0 Å². The van der Waals surface area contributed by atoms with Crippen molar-refractivity contribution in [2.45, 2.75) is 52.5 Å². The summed E-state index contributed by atoms with van der Waals surface area (Å²) in [5.74, 6) is 1.07. The fourth-order valence-corrected chi connectivity index (χ4v) is 4.26. The molecule has 152 valence electrons. The van der Waals surface area contributed by atoms with Gasteiger partial charge in [-0.15, -0.1) is 0 Å². The van der Waals surface area contributed by atoms with Gasteiger partial charge in [-0.3, -0.25) is 4.79 Å². The molecule has 0 radical (unpaired) electrons. The van der Waals surface area contributed by atoms with E-state index >= 15 is 0 Å². The van der Waals surface area contributed by atoms with Gasteiger partial charge in [-0.25, -0.2) is 0 Å². The van der Waals surface area contributed by atoms with Crippen LogP contribution in [0.25, 0.3) is 0 Å². The highest BCUT2D eigenvalue weighted by molar-refractivity contribution is 6.01. The smallest absolute Gasteiger partial charge is 0.163 e. The summed E-state index contributed by atoms with van der Waals surface area (Å²) in [6.07, 6.45) is 3.56. The first kappa shape index (κ1) is 19.6. The van der Waals surface area contributed by atoms with Crippen LogP contribution in [0.15, 0.2) is 59.8 Å². The van der Waals surface area contributed by atoms with Gasteiger partial charge in [0.25, 0.3) is 0 Å². The molecule has 4 heteroatoms. The molecule has 1 aliphatic carbocycles. The molecule has 2 aromatic carbocycles. The third-order valence-corrected chi connectivity index (χ3v) is 5.68. The molecule has 1 aliphatic heterocycles. The molecule has 4 nitrogen and oxygen atoms in total. The van der Waals surface area contributed by atoms with Crippen molar-refractivity contribution in [2.75, 3.05) is 17.2 Å². The van der Waals surface area contributed by atoms with Gasteiger partial charge in [0.1, 0.15) is 5.75 Å². The van der Waals surface area contributed by atoms with Crippen molar-refractivity contribution in [2.24, 2.45) is 5.41 Å². The minimum absolute atomic E-state index is 0.0438. The molecule has 2 aliphatic rings. The Balaban J connectivity index is 1.76. The lowest BCUT2D eigenvalue weighted by Crippen LogP contribution is -2.31. The summed E-state index contributed by atoms with van der Waals surface area (Å²) >= 11 is 0. The second-order valence-electron chi connectivity index (χ2n) is 8.86. The minimum Gasteiger partial charge on any atom is -0.494 e. The largest absolute Gasteiger partial charge is 0.494 e. The fourth-order valence-electron chi connectivity index (χ4n) is 4.26. The number of unbranched alkanes of at least 4 members (excludes halogenated alkanes) is 1. The van der Waals surface area contributed by atoms with Crippen LogP contribution in [0.3, 0.4) is 0 Å². The quantitative estimate of drug-likeness (QED) is 0.607. The van der Waals surface area contributed by atoms with Crippen molar-refractivity contribution in [3.05, 3.63) is 65.4 Å². The van der Waals surface area contributed by atoms with Crippen molar-refractivity contribution >= 4 is 17.2 Å². The van der Waals surface area contributed by atoms with Gasteiger partial charge in [-0.05, 0) is 48.1 Å². The fraction of sp³-hybridized carbons (Fsp3) is 0.400. The SMILES string of the molecule is CCCCOc1cccc([C@H]2Nc3ccccc3NC3=C2C(=O)CC(C)(C)C3)c1. The number of carbonyl (C=O) groups excluding carboxylic acids is 1. The molecule has 0 saturated carbocycles. The monoisotopic (exact) mass is 390 g/mol. The van der Waals surface area contributed by atoms with Gasteiger partial charge in [0.05, 0.1) is 24.0 Å². The van der Waals surface area contributed by atoms with E-state index in [4.69, 9.17) is 4.74 Å². The highest BCUT2D eigenvalue weighted by Crippen LogP contribution is 2.45. The first-order valence-corrected chi connectivity index (χ1v) is 10.6. The lowest BCUT2D eigenvalue weighted by atomic mass is 9.73. The van der Waals surface area contributed by atoms with Gasteiger partial charge < -0.3 is 15.4 Å². The third kappa shape index (κ3) is 4.16. The Hall–Kier alpha value is -2.75. The van der Waals surface area contributed by atoms with Gasteiger partial charge in [0.2, 0.25) is 0 Å². The van der Waals surface area contributed by atoms with E-state index in [0.717, 1.165) is 53.2 Å². The van der Waals surface area contributed by atoms with E-state index in [0.29, 0.717) is 13.0 Å². The lowest BCUT2D eigenvalue weighted by molar-refractivity contribution is -0.118. The van der Waals surface area contributed by atoms with Crippen LogP contribution in [-0.2, 0) is 4.79 Å². The summed E-state index contributed by atoms with van der Waals surface area (Å²) in [6.45, 7) is 7.20. The van der Waals surface area contributed by atoms with E-state index in [9.17, 15) is 4.79 Å². The van der Waals surface area contributed by atoms with Crippen LogP contribution in [0.5, 0.6) is 5.75 Å². The van der Waals surface area contributed by atoms with Crippen molar-refractivity contribution in [3.8, 4) is 5.75 Å². The van der Waals surface area contributed by atoms with E-state index in [1.165, 1.54) is 0 Å². The zero-order chi connectivity index (χ0) is 20.4. The second kappa shape index (κ2) is 7.94. The molecule has 0 saturated heterocycles. The van der Waals surface area contributed by atoms with Gasteiger partial charge in [-0.1, -0.05) is 51.5 Å². The Labute approximate surface area is 173 Å². The van der Waals surface area contributed by atoms with Gasteiger partial charge in [0.15, 0.2) is 5.78 Å². The van der Waals surface area contributed by atoms with E-state index in [1.807, 2.05) is 24.3 Å². The molecule has 29 heavy (non-hydrogen) atoms. The predicted molar refractivity (Wildman–Crippen MR) is 118 cm³/mol. The first-order valence-electron chi connectivity index (χ1n) is 10.6. The number of benzene rings is 2. The van der Waals surface area contributed by atoms with Gasteiger partial charge in [-0.2, -0.15) is 0 Å². The van der Waals surface area contributed by atoms with Crippen LogP contribution in [0.1, 0.15) is 58.1 Å². The molecule has 0 unspecified atom stereocenters. The van der Waals surface area contributed by atoms with E-state index in [1.54, 1.807) is 0 Å². The van der Waals surface area contributed by atoms with Crippen molar-refractivity contribution in [3.63, 3.8) is 0 Å². The molecule has 2 N–H and O–H groups in total. The number of hydrogen-bond acceptors (Lipinski definition) is 4. The Morgan fingerprint density at radius 2 is 1.86 bits per heavy atom. The normalized spacial score (nSPS) is 20.1. The lowest BCUT2D eigenvalue weighted by Gasteiger charge is -2.34. The van der Waals surface area contributed by atoms with Gasteiger partial charge in [0, 0.05) is 17.7 Å². The Kier molecular flexibility index (Phi) is 5.35. The maximum absolute atomic E-state index is 13.3. The van der Waals surface area contributed by atoms with E-state index in [2.05, 4.69) is 55.7 Å². The standard InChI is InChI=1S/C25H30N2O2/c1-4-5-13-29-18-10-8-9-17(14-18)24-23-21(15-25(2,3)16-22(23)28)26-19-11-6-7-12-20(19)27-24/h6-12,14,24,26-27H,4-5,13,15-16H2,1-3H3/t24-/m1/s1. The summed E-state index contributed by atoms with van der Waals surface area (Å²) in [5, 5.41) is 7.20. The molecule has 0 fully saturated rings. The number of hydrogen-bond donors (Lipinski definition) is 2. The molecule has 4 rings (SSSR count). The maximum Gasteiger partial charge on any atom is 0.163 e. The molecule has 1 atom stereocenters. The molecule has 0 bridgehead atoms. The third-order valence-electron chi connectivity index (χ3n) is 5.68. The maximum atomic E-state index is 13.3. The number of allylic oxidation sites excluding steroid dienone is 1. The van der Waals surface area contributed by atoms with Crippen molar-refractivity contribution < 1.29 is 9.53 Å². The summed E-state index contributed by atoms with van der Waals surface area (Å²) < 4.78 is 5.93. The van der Waals surface area contributed by atoms with Crippen LogP contribution in [0.2, 0.25) is 0 Å². The molecular weight excluding hydrogens is 360 g/mol. The summed E-state index contributed by atoms with van der Waals surface area (Å²) in [4.78, 5) is 13.3. The summed E-state index contributed by atoms with van der Waals surface area (Å²) in [7, 11) is 0. The number of ketones is 1. The highest BCUT2D eigenvalue weighted by Gasteiger charge is 2.38.